The predicted octanol–water partition coefficient (Wildman–Crippen LogP) is 3.54. The summed E-state index contributed by atoms with van der Waals surface area (Å²) in [6, 6.07) is 7.54. The summed E-state index contributed by atoms with van der Waals surface area (Å²) in [5, 5.41) is 8.19. The van der Waals surface area contributed by atoms with Crippen LogP contribution in [-0.2, 0) is 9.53 Å². The molecule has 1 aromatic heterocycles. The van der Waals surface area contributed by atoms with Crippen LogP contribution in [0.1, 0.15) is 13.8 Å². The molecule has 1 aromatic carbocycles. The molecular weight excluding hydrogens is 344 g/mol. The van der Waals surface area contributed by atoms with Crippen molar-refractivity contribution in [1.29, 1.82) is 0 Å². The molecule has 106 valence electrons. The molecule has 20 heavy (non-hydrogen) atoms. The number of hydrogen-bond acceptors (Lipinski definition) is 6. The second-order valence-corrected chi connectivity index (χ2v) is 6.05. The fourth-order valence-corrected chi connectivity index (χ4v) is 2.20. The average Bonchev–Trinajstić information content (AvgIpc) is 2.85. The van der Waals surface area contributed by atoms with Crippen molar-refractivity contribution < 1.29 is 13.9 Å². The first kappa shape index (κ1) is 15.1. The van der Waals surface area contributed by atoms with E-state index in [1.165, 1.54) is 11.8 Å². The second kappa shape index (κ2) is 6.90. The summed E-state index contributed by atoms with van der Waals surface area (Å²) < 4.78 is 11.5. The first-order valence-electron chi connectivity index (χ1n) is 5.96. The number of nitrogens with zero attached hydrogens (tertiary/aromatic N) is 2. The van der Waals surface area contributed by atoms with Gasteiger partial charge in [0.05, 0.1) is 6.10 Å². The summed E-state index contributed by atoms with van der Waals surface area (Å²) in [5.41, 5.74) is 0.831. The summed E-state index contributed by atoms with van der Waals surface area (Å²) in [6.45, 7) is 3.61. The Bertz CT molecular complexity index is 584. The van der Waals surface area contributed by atoms with Crippen LogP contribution in [0.3, 0.4) is 0 Å². The van der Waals surface area contributed by atoms with Crippen LogP contribution in [0.4, 0.5) is 0 Å². The van der Waals surface area contributed by atoms with E-state index in [-0.39, 0.29) is 17.8 Å². The smallest absolute Gasteiger partial charge is 0.316 e. The van der Waals surface area contributed by atoms with Crippen molar-refractivity contribution in [3.8, 4) is 11.5 Å². The largest absolute Gasteiger partial charge is 0.462 e. The van der Waals surface area contributed by atoms with Crippen LogP contribution in [0.25, 0.3) is 11.5 Å². The molecule has 0 aliphatic heterocycles. The Kier molecular flexibility index (Phi) is 5.19. The lowest BCUT2D eigenvalue weighted by molar-refractivity contribution is -0.144. The highest BCUT2D eigenvalue weighted by atomic mass is 79.9. The maximum Gasteiger partial charge on any atom is 0.316 e. The van der Waals surface area contributed by atoms with Crippen molar-refractivity contribution in [2.75, 3.05) is 5.75 Å². The van der Waals surface area contributed by atoms with E-state index in [1.807, 2.05) is 24.3 Å². The van der Waals surface area contributed by atoms with Crippen LogP contribution in [-0.4, -0.2) is 28.0 Å². The summed E-state index contributed by atoms with van der Waals surface area (Å²) in [4.78, 5) is 11.4. The standard InChI is InChI=1S/C13H13BrN2O3S/c1-8(2)18-11(17)7-20-13-16-15-12(19-13)9-3-5-10(14)6-4-9/h3-6,8H,7H2,1-2H3. The van der Waals surface area contributed by atoms with Crippen LogP contribution >= 0.6 is 27.7 Å². The minimum absolute atomic E-state index is 0.121. The Morgan fingerprint density at radius 3 is 2.70 bits per heavy atom. The van der Waals surface area contributed by atoms with E-state index >= 15 is 0 Å². The van der Waals surface area contributed by atoms with Crippen LogP contribution in [0.2, 0.25) is 0 Å². The van der Waals surface area contributed by atoms with Gasteiger partial charge in [-0.2, -0.15) is 0 Å². The minimum atomic E-state index is -0.298. The molecule has 0 amide bonds. The fraction of sp³-hybridized carbons (Fsp3) is 0.308. The number of carbonyl (C=O) groups excluding carboxylic acids is 1. The van der Waals surface area contributed by atoms with Crippen LogP contribution in [0.15, 0.2) is 38.4 Å². The van der Waals surface area contributed by atoms with Gasteiger partial charge >= 0.3 is 5.97 Å². The third-order valence-corrected chi connectivity index (χ3v) is 3.50. The fourth-order valence-electron chi connectivity index (χ4n) is 1.39. The van der Waals surface area contributed by atoms with Gasteiger partial charge in [-0.3, -0.25) is 4.79 Å². The zero-order valence-corrected chi connectivity index (χ0v) is 13.4. The molecule has 2 aromatic rings. The normalized spacial score (nSPS) is 10.8. The van der Waals surface area contributed by atoms with E-state index in [0.29, 0.717) is 11.1 Å². The quantitative estimate of drug-likeness (QED) is 0.602. The zero-order valence-electron chi connectivity index (χ0n) is 11.0. The molecule has 1 heterocycles. The zero-order chi connectivity index (χ0) is 14.5. The summed E-state index contributed by atoms with van der Waals surface area (Å²) in [7, 11) is 0. The van der Waals surface area contributed by atoms with Gasteiger partial charge in [0, 0.05) is 10.0 Å². The molecule has 0 fully saturated rings. The number of carbonyl (C=O) groups is 1. The van der Waals surface area contributed by atoms with Gasteiger partial charge in [-0.15, -0.1) is 10.2 Å². The van der Waals surface area contributed by atoms with E-state index in [0.717, 1.165) is 10.0 Å². The molecule has 0 aliphatic carbocycles. The summed E-state index contributed by atoms with van der Waals surface area (Å²) >= 11 is 4.53. The Morgan fingerprint density at radius 2 is 2.05 bits per heavy atom. The first-order valence-corrected chi connectivity index (χ1v) is 7.74. The van der Waals surface area contributed by atoms with Gasteiger partial charge in [0.1, 0.15) is 5.75 Å². The van der Waals surface area contributed by atoms with Crippen molar-refractivity contribution in [2.45, 2.75) is 25.2 Å². The molecule has 0 unspecified atom stereocenters. The van der Waals surface area contributed by atoms with Gasteiger partial charge in [-0.1, -0.05) is 27.7 Å². The van der Waals surface area contributed by atoms with E-state index in [4.69, 9.17) is 9.15 Å². The molecule has 0 saturated heterocycles. The molecule has 0 N–H and O–H groups in total. The maximum absolute atomic E-state index is 11.4. The highest BCUT2D eigenvalue weighted by Gasteiger charge is 2.12. The average molecular weight is 357 g/mol. The Hall–Kier alpha value is -1.34. The van der Waals surface area contributed by atoms with Crippen LogP contribution in [0, 0.1) is 0 Å². The van der Waals surface area contributed by atoms with Gasteiger partial charge in [-0.05, 0) is 38.1 Å². The molecule has 0 atom stereocenters. The number of thioether (sulfide) groups is 1. The number of halogens is 1. The molecule has 0 saturated carbocycles. The lowest BCUT2D eigenvalue weighted by atomic mass is 10.2. The van der Waals surface area contributed by atoms with Gasteiger partial charge in [0.15, 0.2) is 0 Å². The van der Waals surface area contributed by atoms with Gasteiger partial charge in [-0.25, -0.2) is 0 Å². The Morgan fingerprint density at radius 1 is 1.35 bits per heavy atom. The van der Waals surface area contributed by atoms with Crippen molar-refractivity contribution in [3.05, 3.63) is 28.7 Å². The number of hydrogen-bond donors (Lipinski definition) is 0. The number of ether oxygens (including phenoxy) is 1. The topological polar surface area (TPSA) is 65.2 Å². The Labute approximate surface area is 129 Å². The molecule has 7 heteroatoms. The summed E-state index contributed by atoms with van der Waals surface area (Å²) in [5.74, 6) is 0.283. The molecule has 0 bridgehead atoms. The van der Waals surface area contributed by atoms with Crippen molar-refractivity contribution >= 4 is 33.7 Å². The number of benzene rings is 1. The number of aromatic nitrogens is 2. The summed E-state index contributed by atoms with van der Waals surface area (Å²) in [6.07, 6.45) is -0.121. The second-order valence-electron chi connectivity index (χ2n) is 4.21. The third kappa shape index (κ3) is 4.35. The first-order chi connectivity index (χ1) is 9.54. The number of esters is 1. The van der Waals surface area contributed by atoms with E-state index in [2.05, 4.69) is 26.1 Å². The Balaban J connectivity index is 1.95. The minimum Gasteiger partial charge on any atom is -0.462 e. The number of rotatable bonds is 5. The predicted molar refractivity (Wildman–Crippen MR) is 79.4 cm³/mol. The maximum atomic E-state index is 11.4. The van der Waals surface area contributed by atoms with E-state index < -0.39 is 0 Å². The SMILES string of the molecule is CC(C)OC(=O)CSc1nnc(-c2ccc(Br)cc2)o1. The highest BCUT2D eigenvalue weighted by molar-refractivity contribution is 9.10. The monoisotopic (exact) mass is 356 g/mol. The molecule has 0 spiro atoms. The van der Waals surface area contributed by atoms with Gasteiger partial charge < -0.3 is 9.15 Å². The van der Waals surface area contributed by atoms with Crippen molar-refractivity contribution in [2.24, 2.45) is 0 Å². The van der Waals surface area contributed by atoms with Crippen molar-refractivity contribution in [1.82, 2.24) is 10.2 Å². The van der Waals surface area contributed by atoms with Crippen LogP contribution < -0.4 is 0 Å². The highest BCUT2D eigenvalue weighted by Crippen LogP contribution is 2.24. The van der Waals surface area contributed by atoms with E-state index in [9.17, 15) is 4.79 Å². The van der Waals surface area contributed by atoms with Gasteiger partial charge in [0.2, 0.25) is 5.89 Å². The molecular formula is C13H13BrN2O3S. The third-order valence-electron chi connectivity index (χ3n) is 2.18. The molecule has 0 aliphatic rings. The lowest BCUT2D eigenvalue weighted by Gasteiger charge is -2.05. The van der Waals surface area contributed by atoms with E-state index in [1.54, 1.807) is 13.8 Å². The van der Waals surface area contributed by atoms with Crippen molar-refractivity contribution in [3.63, 3.8) is 0 Å². The molecule has 2 rings (SSSR count). The van der Waals surface area contributed by atoms with Gasteiger partial charge in [0.25, 0.3) is 5.22 Å². The lowest BCUT2D eigenvalue weighted by Crippen LogP contribution is -2.13. The molecule has 5 nitrogen and oxygen atoms in total. The molecule has 0 radical (unpaired) electrons. The van der Waals surface area contributed by atoms with Crippen LogP contribution in [0.5, 0.6) is 0 Å².